The number of nitrogens with zero attached hydrogens (tertiary/aromatic N) is 2. The number of nitrogens with one attached hydrogen (secondary N) is 1. The number of ketones is 1. The van der Waals surface area contributed by atoms with Crippen LogP contribution in [0.1, 0.15) is 35.1 Å². The highest BCUT2D eigenvalue weighted by Crippen LogP contribution is 2.32. The lowest BCUT2D eigenvalue weighted by Gasteiger charge is -2.11. The predicted octanol–water partition coefficient (Wildman–Crippen LogP) is 5.95. The van der Waals surface area contributed by atoms with Gasteiger partial charge in [-0.05, 0) is 66.8 Å². The predicted molar refractivity (Wildman–Crippen MR) is 124 cm³/mol. The summed E-state index contributed by atoms with van der Waals surface area (Å²) in [7, 11) is 0. The summed E-state index contributed by atoms with van der Waals surface area (Å²) >= 11 is 5.80. The third-order valence-electron chi connectivity index (χ3n) is 5.45. The number of aryl methyl sites for hydroxylation is 1. The molecule has 1 amide bonds. The van der Waals surface area contributed by atoms with Crippen LogP contribution >= 0.6 is 11.6 Å². The van der Waals surface area contributed by atoms with Crippen molar-refractivity contribution in [2.75, 3.05) is 5.32 Å². The van der Waals surface area contributed by atoms with Crippen molar-refractivity contribution in [3.63, 3.8) is 0 Å². The van der Waals surface area contributed by atoms with Crippen LogP contribution in [0, 0.1) is 12.8 Å². The molecular weight excluding hydrogens is 483 g/mol. The third kappa shape index (κ3) is 6.79. The Morgan fingerprint density at radius 3 is 2.54 bits per heavy atom. The molecule has 4 rings (SSSR count). The van der Waals surface area contributed by atoms with E-state index in [1.165, 1.54) is 18.5 Å². The quantitative estimate of drug-likeness (QED) is 0.410. The van der Waals surface area contributed by atoms with Crippen LogP contribution in [0.25, 0.3) is 0 Å². The monoisotopic (exact) mass is 503 g/mol. The first-order chi connectivity index (χ1) is 16.6. The van der Waals surface area contributed by atoms with E-state index in [4.69, 9.17) is 16.3 Å². The summed E-state index contributed by atoms with van der Waals surface area (Å²) in [5, 5.41) is 2.66. The lowest BCUT2D eigenvalue weighted by Crippen LogP contribution is -2.14. The number of amides is 1. The van der Waals surface area contributed by atoms with E-state index in [0.29, 0.717) is 11.6 Å². The minimum absolute atomic E-state index is 0.0396. The zero-order valence-electron chi connectivity index (χ0n) is 18.7. The van der Waals surface area contributed by atoms with Gasteiger partial charge >= 0.3 is 6.18 Å². The van der Waals surface area contributed by atoms with Crippen LogP contribution in [0.4, 0.5) is 19.0 Å². The summed E-state index contributed by atoms with van der Waals surface area (Å²) in [5.74, 6) is 0.784. The van der Waals surface area contributed by atoms with Gasteiger partial charge < -0.3 is 10.1 Å². The first-order valence-electron chi connectivity index (χ1n) is 10.9. The molecule has 1 aliphatic rings. The molecule has 1 saturated carbocycles. The van der Waals surface area contributed by atoms with Crippen LogP contribution in [0.15, 0.2) is 48.8 Å². The van der Waals surface area contributed by atoms with Crippen LogP contribution < -0.4 is 10.1 Å². The number of anilines is 1. The molecule has 0 aliphatic heterocycles. The van der Waals surface area contributed by atoms with Gasteiger partial charge in [0.1, 0.15) is 23.7 Å². The fourth-order valence-electron chi connectivity index (χ4n) is 3.51. The zero-order valence-corrected chi connectivity index (χ0v) is 19.4. The zero-order chi connectivity index (χ0) is 25.2. The lowest BCUT2D eigenvalue weighted by atomic mass is 9.98. The number of hydrogen-bond donors (Lipinski definition) is 1. The van der Waals surface area contributed by atoms with Crippen molar-refractivity contribution in [2.24, 2.45) is 5.92 Å². The Labute approximate surface area is 204 Å². The molecule has 1 N–H and O–H groups in total. The number of hydrogen-bond acceptors (Lipinski definition) is 5. The summed E-state index contributed by atoms with van der Waals surface area (Å²) in [6, 6.07) is 9.78. The van der Waals surface area contributed by atoms with Crippen LogP contribution in [0.3, 0.4) is 0 Å². The maximum Gasteiger partial charge on any atom is 0.416 e. The molecule has 0 bridgehead atoms. The van der Waals surface area contributed by atoms with Gasteiger partial charge in [0.15, 0.2) is 0 Å². The van der Waals surface area contributed by atoms with Crippen molar-refractivity contribution in [3.05, 3.63) is 76.1 Å². The maximum atomic E-state index is 13.0. The second kappa shape index (κ2) is 10.0. The van der Waals surface area contributed by atoms with Crippen molar-refractivity contribution in [1.29, 1.82) is 0 Å². The number of ether oxygens (including phenoxy) is 1. The van der Waals surface area contributed by atoms with Crippen molar-refractivity contribution in [2.45, 2.75) is 38.8 Å². The Balaban J connectivity index is 1.39. The average molecular weight is 504 g/mol. The minimum atomic E-state index is -4.54. The second-order valence-electron chi connectivity index (χ2n) is 8.43. The molecule has 0 spiro atoms. The van der Waals surface area contributed by atoms with Gasteiger partial charge in [-0.3, -0.25) is 9.59 Å². The van der Waals surface area contributed by atoms with Gasteiger partial charge in [-0.1, -0.05) is 17.7 Å². The molecule has 10 heteroatoms. The number of alkyl halides is 3. The third-order valence-corrected chi connectivity index (χ3v) is 5.67. The van der Waals surface area contributed by atoms with Gasteiger partial charge in [0.05, 0.1) is 5.56 Å². The van der Waals surface area contributed by atoms with E-state index in [0.717, 1.165) is 36.1 Å². The van der Waals surface area contributed by atoms with E-state index < -0.39 is 11.7 Å². The summed E-state index contributed by atoms with van der Waals surface area (Å²) in [5.41, 5.74) is 0.820. The summed E-state index contributed by atoms with van der Waals surface area (Å²) in [6.45, 7) is 1.80. The number of Topliss-reactive ketones (excluding diaryl/α,β-unsaturated/α-hetero) is 1. The van der Waals surface area contributed by atoms with Crippen molar-refractivity contribution >= 4 is 29.1 Å². The molecule has 3 aromatic rings. The van der Waals surface area contributed by atoms with Crippen molar-refractivity contribution in [1.82, 2.24) is 9.97 Å². The highest BCUT2D eigenvalue weighted by atomic mass is 35.5. The molecule has 1 fully saturated rings. The largest absolute Gasteiger partial charge is 0.439 e. The van der Waals surface area contributed by atoms with Gasteiger partial charge in [-0.15, -0.1) is 0 Å². The molecule has 0 radical (unpaired) electrons. The normalized spacial score (nSPS) is 13.4. The molecule has 1 aliphatic carbocycles. The number of aromatic nitrogens is 2. The van der Waals surface area contributed by atoms with Gasteiger partial charge in [0, 0.05) is 29.8 Å². The molecule has 0 atom stereocenters. The summed E-state index contributed by atoms with van der Waals surface area (Å²) in [6.07, 6.45) is -1.62. The minimum Gasteiger partial charge on any atom is -0.439 e. The van der Waals surface area contributed by atoms with E-state index in [1.807, 2.05) is 0 Å². The Morgan fingerprint density at radius 2 is 1.86 bits per heavy atom. The number of halogens is 4. The fourth-order valence-corrected chi connectivity index (χ4v) is 3.76. The first-order valence-corrected chi connectivity index (χ1v) is 11.2. The van der Waals surface area contributed by atoms with Gasteiger partial charge in [-0.2, -0.15) is 13.2 Å². The first kappa shape index (κ1) is 24.7. The summed E-state index contributed by atoms with van der Waals surface area (Å²) < 4.78 is 44.8. The molecule has 1 heterocycles. The van der Waals surface area contributed by atoms with Crippen LogP contribution in [0.2, 0.25) is 5.02 Å². The summed E-state index contributed by atoms with van der Waals surface area (Å²) in [4.78, 5) is 32.5. The highest BCUT2D eigenvalue weighted by molar-refractivity contribution is 6.30. The van der Waals surface area contributed by atoms with Crippen LogP contribution in [-0.2, 0) is 28.6 Å². The smallest absolute Gasteiger partial charge is 0.416 e. The number of carbonyl (C=O) groups excluding carboxylic acids is 2. The second-order valence-corrected chi connectivity index (χ2v) is 8.87. The molecule has 2 aromatic carbocycles. The van der Waals surface area contributed by atoms with Gasteiger partial charge in [0.2, 0.25) is 11.8 Å². The van der Waals surface area contributed by atoms with Crippen LogP contribution in [-0.4, -0.2) is 21.7 Å². The molecule has 6 nitrogen and oxygen atoms in total. The van der Waals surface area contributed by atoms with E-state index in [-0.39, 0.29) is 46.9 Å². The lowest BCUT2D eigenvalue weighted by molar-refractivity contribution is -0.137. The SMILES string of the molecule is Cc1cc(Oc2cc(NC(=O)C3CC3)ncn2)ccc1CC(=O)Cc1cc(Cl)cc(C(F)(F)F)c1. The molecule has 35 heavy (non-hydrogen) atoms. The molecule has 182 valence electrons. The van der Waals surface area contributed by atoms with Crippen molar-refractivity contribution in [3.8, 4) is 11.6 Å². The Kier molecular flexibility index (Phi) is 7.07. The number of carbonyl (C=O) groups is 2. The van der Waals surface area contributed by atoms with E-state index in [2.05, 4.69) is 15.3 Å². The van der Waals surface area contributed by atoms with Crippen LogP contribution in [0.5, 0.6) is 11.6 Å². The topological polar surface area (TPSA) is 81.2 Å². The highest BCUT2D eigenvalue weighted by Gasteiger charge is 2.31. The number of benzene rings is 2. The fraction of sp³-hybridized carbons (Fsp3) is 0.280. The van der Waals surface area contributed by atoms with Gasteiger partial charge in [0.25, 0.3) is 0 Å². The van der Waals surface area contributed by atoms with E-state index in [1.54, 1.807) is 25.1 Å². The molecular formula is C25H21ClF3N3O3. The van der Waals surface area contributed by atoms with E-state index in [9.17, 15) is 22.8 Å². The maximum absolute atomic E-state index is 13.0. The Hall–Kier alpha value is -3.46. The van der Waals surface area contributed by atoms with Crippen molar-refractivity contribution < 1.29 is 27.5 Å². The molecule has 0 saturated heterocycles. The number of rotatable bonds is 8. The molecule has 1 aromatic heterocycles. The van der Waals surface area contributed by atoms with Gasteiger partial charge in [-0.25, -0.2) is 9.97 Å². The van der Waals surface area contributed by atoms with E-state index >= 15 is 0 Å². The Morgan fingerprint density at radius 1 is 1.09 bits per heavy atom. The molecule has 0 unspecified atom stereocenters. The standard InChI is InChI=1S/C25H21ClF3N3O3/c1-14-6-21(35-23-12-22(30-13-31-23)32-24(34)16-2-3-16)5-4-17(14)10-20(33)9-15-7-18(25(27,28)29)11-19(26)8-15/h4-8,11-13,16H,2-3,9-10H2,1H3,(H,30,31,32,34). The Bertz CT molecular complexity index is 1280. The average Bonchev–Trinajstić information content (AvgIpc) is 3.60.